The topological polar surface area (TPSA) is 56.2 Å². The SMILES string of the molecule is CC(CCN)CCC(=O)c1cc2cc(Cl)ccc2o1. The fourth-order valence-electron chi connectivity index (χ4n) is 2.08. The van der Waals surface area contributed by atoms with E-state index in [0.717, 1.165) is 18.2 Å². The molecule has 1 aromatic carbocycles. The maximum absolute atomic E-state index is 12.0. The molecular weight excluding hydrogens is 262 g/mol. The highest BCUT2D eigenvalue weighted by Crippen LogP contribution is 2.24. The van der Waals surface area contributed by atoms with E-state index in [2.05, 4.69) is 6.92 Å². The van der Waals surface area contributed by atoms with Gasteiger partial charge in [-0.25, -0.2) is 0 Å². The van der Waals surface area contributed by atoms with Crippen LogP contribution in [0.1, 0.15) is 36.7 Å². The Bertz CT molecular complexity index is 577. The van der Waals surface area contributed by atoms with Crippen LogP contribution in [0.3, 0.4) is 0 Å². The lowest BCUT2D eigenvalue weighted by molar-refractivity contribution is 0.0949. The molecule has 0 saturated heterocycles. The highest BCUT2D eigenvalue weighted by atomic mass is 35.5. The molecule has 0 aliphatic rings. The van der Waals surface area contributed by atoms with E-state index in [0.29, 0.717) is 35.2 Å². The van der Waals surface area contributed by atoms with Crippen molar-refractivity contribution in [3.63, 3.8) is 0 Å². The van der Waals surface area contributed by atoms with Crippen LogP contribution in [0.15, 0.2) is 28.7 Å². The van der Waals surface area contributed by atoms with E-state index in [9.17, 15) is 4.79 Å². The number of carbonyl (C=O) groups excluding carboxylic acids is 1. The zero-order valence-corrected chi connectivity index (χ0v) is 11.7. The average molecular weight is 280 g/mol. The van der Waals surface area contributed by atoms with Crippen molar-refractivity contribution in [3.05, 3.63) is 35.0 Å². The fraction of sp³-hybridized carbons (Fsp3) is 0.400. The lowest BCUT2D eigenvalue weighted by Gasteiger charge is -2.07. The molecule has 1 aromatic heterocycles. The number of Topliss-reactive ketones (excluding diaryl/α,β-unsaturated/α-hetero) is 1. The van der Waals surface area contributed by atoms with Crippen LogP contribution in [-0.2, 0) is 0 Å². The van der Waals surface area contributed by atoms with Gasteiger partial charge in [0.15, 0.2) is 11.5 Å². The summed E-state index contributed by atoms with van der Waals surface area (Å²) in [4.78, 5) is 12.0. The minimum absolute atomic E-state index is 0.0381. The Hall–Kier alpha value is -1.32. The van der Waals surface area contributed by atoms with E-state index in [1.807, 2.05) is 0 Å². The summed E-state index contributed by atoms with van der Waals surface area (Å²) in [7, 11) is 0. The van der Waals surface area contributed by atoms with Crippen molar-refractivity contribution in [1.82, 2.24) is 0 Å². The van der Waals surface area contributed by atoms with Crippen LogP contribution in [0.5, 0.6) is 0 Å². The highest BCUT2D eigenvalue weighted by Gasteiger charge is 2.13. The summed E-state index contributed by atoms with van der Waals surface area (Å²) >= 11 is 5.91. The molecule has 1 atom stereocenters. The zero-order chi connectivity index (χ0) is 13.8. The van der Waals surface area contributed by atoms with Crippen molar-refractivity contribution < 1.29 is 9.21 Å². The van der Waals surface area contributed by atoms with Crippen LogP contribution in [-0.4, -0.2) is 12.3 Å². The number of benzene rings is 1. The van der Waals surface area contributed by atoms with Gasteiger partial charge < -0.3 is 10.2 Å². The van der Waals surface area contributed by atoms with E-state index in [1.54, 1.807) is 24.3 Å². The van der Waals surface area contributed by atoms with Crippen LogP contribution < -0.4 is 5.73 Å². The van der Waals surface area contributed by atoms with Crippen LogP contribution in [0.25, 0.3) is 11.0 Å². The minimum atomic E-state index is 0.0381. The maximum Gasteiger partial charge on any atom is 0.198 e. The first-order valence-corrected chi connectivity index (χ1v) is 6.90. The molecule has 4 heteroatoms. The van der Waals surface area contributed by atoms with Crippen molar-refractivity contribution in [2.75, 3.05) is 6.54 Å². The molecule has 0 bridgehead atoms. The molecule has 1 heterocycles. The third-order valence-electron chi connectivity index (χ3n) is 3.28. The summed E-state index contributed by atoms with van der Waals surface area (Å²) in [6.07, 6.45) is 2.28. The molecular formula is C15H18ClNO2. The second kappa shape index (κ2) is 6.22. The molecule has 19 heavy (non-hydrogen) atoms. The predicted octanol–water partition coefficient (Wildman–Crippen LogP) is 4.03. The largest absolute Gasteiger partial charge is 0.453 e. The highest BCUT2D eigenvalue weighted by molar-refractivity contribution is 6.31. The number of hydrogen-bond donors (Lipinski definition) is 1. The molecule has 0 aliphatic carbocycles. The van der Waals surface area contributed by atoms with Crippen LogP contribution in [0, 0.1) is 5.92 Å². The van der Waals surface area contributed by atoms with Gasteiger partial charge in [-0.1, -0.05) is 18.5 Å². The van der Waals surface area contributed by atoms with Gasteiger partial charge in [-0.2, -0.15) is 0 Å². The Balaban J connectivity index is 2.05. The van der Waals surface area contributed by atoms with E-state index < -0.39 is 0 Å². The van der Waals surface area contributed by atoms with E-state index in [1.165, 1.54) is 0 Å². The first kappa shape index (κ1) is 14.1. The minimum Gasteiger partial charge on any atom is -0.453 e. The summed E-state index contributed by atoms with van der Waals surface area (Å²) in [5, 5.41) is 1.51. The number of halogens is 1. The molecule has 0 spiro atoms. The van der Waals surface area contributed by atoms with Gasteiger partial charge in [0.1, 0.15) is 5.58 Å². The maximum atomic E-state index is 12.0. The number of hydrogen-bond acceptors (Lipinski definition) is 3. The Morgan fingerprint density at radius 3 is 2.89 bits per heavy atom. The normalized spacial score (nSPS) is 12.8. The fourth-order valence-corrected chi connectivity index (χ4v) is 2.26. The molecule has 2 N–H and O–H groups in total. The monoisotopic (exact) mass is 279 g/mol. The van der Waals surface area contributed by atoms with E-state index >= 15 is 0 Å². The second-order valence-corrected chi connectivity index (χ2v) is 5.37. The third kappa shape index (κ3) is 3.58. The Kier molecular flexibility index (Phi) is 4.61. The van der Waals surface area contributed by atoms with Crippen LogP contribution in [0.4, 0.5) is 0 Å². The van der Waals surface area contributed by atoms with Crippen LogP contribution >= 0.6 is 11.6 Å². The Morgan fingerprint density at radius 1 is 1.37 bits per heavy atom. The number of rotatable bonds is 6. The van der Waals surface area contributed by atoms with Crippen molar-refractivity contribution in [1.29, 1.82) is 0 Å². The molecule has 102 valence electrons. The first-order chi connectivity index (χ1) is 9.10. The van der Waals surface area contributed by atoms with Gasteiger partial charge in [0.05, 0.1) is 0 Å². The van der Waals surface area contributed by atoms with Gasteiger partial charge in [-0.05, 0) is 49.6 Å². The molecule has 0 saturated carbocycles. The first-order valence-electron chi connectivity index (χ1n) is 6.52. The summed E-state index contributed by atoms with van der Waals surface area (Å²) in [5.41, 5.74) is 6.19. The molecule has 0 radical (unpaired) electrons. The average Bonchev–Trinajstić information content (AvgIpc) is 2.79. The lowest BCUT2D eigenvalue weighted by Crippen LogP contribution is -2.07. The third-order valence-corrected chi connectivity index (χ3v) is 3.51. The van der Waals surface area contributed by atoms with Crippen molar-refractivity contribution in [3.8, 4) is 0 Å². The van der Waals surface area contributed by atoms with Gasteiger partial charge >= 0.3 is 0 Å². The predicted molar refractivity (Wildman–Crippen MR) is 77.6 cm³/mol. The number of fused-ring (bicyclic) bond motifs is 1. The number of carbonyl (C=O) groups is 1. The molecule has 3 nitrogen and oxygen atoms in total. The molecule has 0 amide bonds. The smallest absolute Gasteiger partial charge is 0.198 e. The van der Waals surface area contributed by atoms with Gasteiger partial charge in [-0.15, -0.1) is 0 Å². The number of ketones is 1. The Morgan fingerprint density at radius 2 is 2.16 bits per heavy atom. The van der Waals surface area contributed by atoms with E-state index in [-0.39, 0.29) is 5.78 Å². The van der Waals surface area contributed by atoms with Gasteiger partial charge in [0, 0.05) is 16.8 Å². The molecule has 0 fully saturated rings. The van der Waals surface area contributed by atoms with Crippen molar-refractivity contribution in [2.24, 2.45) is 11.7 Å². The second-order valence-electron chi connectivity index (χ2n) is 4.94. The summed E-state index contributed by atoms with van der Waals surface area (Å²) in [5.74, 6) is 0.918. The lowest BCUT2D eigenvalue weighted by atomic mass is 9.99. The number of nitrogens with two attached hydrogens (primary N) is 1. The molecule has 1 unspecified atom stereocenters. The zero-order valence-electron chi connectivity index (χ0n) is 11.0. The summed E-state index contributed by atoms with van der Waals surface area (Å²) in [6, 6.07) is 7.10. The molecule has 0 aliphatic heterocycles. The quantitative estimate of drug-likeness (QED) is 0.812. The summed E-state index contributed by atoms with van der Waals surface area (Å²) in [6.45, 7) is 2.77. The standard InChI is InChI=1S/C15H18ClNO2/c1-10(6-7-17)2-4-13(18)15-9-11-8-12(16)3-5-14(11)19-15/h3,5,8-10H,2,4,6-7,17H2,1H3. The van der Waals surface area contributed by atoms with E-state index in [4.69, 9.17) is 21.8 Å². The number of furan rings is 1. The molecule has 2 aromatic rings. The summed E-state index contributed by atoms with van der Waals surface area (Å²) < 4.78 is 5.54. The van der Waals surface area contributed by atoms with Crippen molar-refractivity contribution in [2.45, 2.75) is 26.2 Å². The van der Waals surface area contributed by atoms with Crippen molar-refractivity contribution >= 4 is 28.4 Å². The van der Waals surface area contributed by atoms with Gasteiger partial charge in [0.25, 0.3) is 0 Å². The van der Waals surface area contributed by atoms with Gasteiger partial charge in [-0.3, -0.25) is 4.79 Å². The Labute approximate surface area is 117 Å². The van der Waals surface area contributed by atoms with Gasteiger partial charge in [0.2, 0.25) is 0 Å². The molecule has 2 rings (SSSR count). The van der Waals surface area contributed by atoms with Crippen LogP contribution in [0.2, 0.25) is 5.02 Å².